The van der Waals surface area contributed by atoms with Gasteiger partial charge in [-0.3, -0.25) is 14.9 Å². The van der Waals surface area contributed by atoms with E-state index in [2.05, 4.69) is 13.8 Å². The number of amides is 1. The van der Waals surface area contributed by atoms with Crippen LogP contribution in [-0.4, -0.2) is 48.6 Å². The molecule has 0 N–H and O–H groups in total. The van der Waals surface area contributed by atoms with E-state index in [-0.39, 0.29) is 16.5 Å². The first-order chi connectivity index (χ1) is 15.0. The highest BCUT2D eigenvalue weighted by Crippen LogP contribution is 2.28. The van der Waals surface area contributed by atoms with E-state index in [4.69, 9.17) is 0 Å². The Hall–Kier alpha value is -2.78. The zero-order chi connectivity index (χ0) is 23.6. The Bertz CT molecular complexity index is 1090. The summed E-state index contributed by atoms with van der Waals surface area (Å²) in [7, 11) is -2.00. The minimum absolute atomic E-state index is 0.0360. The minimum Gasteiger partial charge on any atom is -0.335 e. The molecule has 1 aliphatic heterocycles. The molecule has 3 unspecified atom stereocenters. The van der Waals surface area contributed by atoms with E-state index >= 15 is 0 Å². The molecule has 172 valence electrons. The topological polar surface area (TPSA) is 101 Å². The van der Waals surface area contributed by atoms with Gasteiger partial charge in [0.25, 0.3) is 11.6 Å². The number of sulfonamides is 1. The molecule has 2 aromatic carbocycles. The molecule has 0 radical (unpaired) electrons. The normalized spacial score (nSPS) is 20.5. The molecule has 0 spiro atoms. The number of nitro groups is 1. The van der Waals surface area contributed by atoms with Crippen molar-refractivity contribution in [2.75, 3.05) is 20.1 Å². The summed E-state index contributed by atoms with van der Waals surface area (Å²) >= 11 is 0. The van der Waals surface area contributed by atoms with Crippen molar-refractivity contribution in [3.05, 3.63) is 69.8 Å². The number of hydrogen-bond acceptors (Lipinski definition) is 5. The van der Waals surface area contributed by atoms with E-state index in [9.17, 15) is 23.3 Å². The average Bonchev–Trinajstić information content (AvgIpc) is 2.77. The Kier molecular flexibility index (Phi) is 7.00. The first-order valence-electron chi connectivity index (χ1n) is 10.6. The number of non-ortho nitro benzene ring substituents is 1. The van der Waals surface area contributed by atoms with Crippen LogP contribution in [0.2, 0.25) is 0 Å². The molecule has 3 atom stereocenters. The SMILES string of the molecule is CC1CC(C)CN(S(=O)(=O)c2ccc(C(=O)N(C)C(C)c3cccc([N+](=O)[O-])c3)cc2)C1. The molecule has 3 rings (SSSR count). The Morgan fingerprint density at radius 3 is 2.28 bits per heavy atom. The second-order valence-electron chi connectivity index (χ2n) is 8.74. The third-order valence-corrected chi connectivity index (χ3v) is 7.88. The summed E-state index contributed by atoms with van der Waals surface area (Å²) in [5.41, 5.74) is 0.956. The van der Waals surface area contributed by atoms with Gasteiger partial charge in [0.05, 0.1) is 15.9 Å². The monoisotopic (exact) mass is 459 g/mol. The number of carbonyl (C=O) groups excluding carboxylic acids is 1. The second-order valence-corrected chi connectivity index (χ2v) is 10.7. The zero-order valence-electron chi connectivity index (χ0n) is 18.8. The number of nitro benzene ring substituents is 1. The van der Waals surface area contributed by atoms with Crippen LogP contribution in [0, 0.1) is 22.0 Å². The molecule has 8 nitrogen and oxygen atoms in total. The number of nitrogens with zero attached hydrogens (tertiary/aromatic N) is 3. The molecular formula is C23H29N3O5S. The summed E-state index contributed by atoms with van der Waals surface area (Å²) in [5.74, 6) is 0.310. The molecule has 1 heterocycles. The maximum atomic E-state index is 13.0. The first kappa shape index (κ1) is 23.9. The highest BCUT2D eigenvalue weighted by Gasteiger charge is 2.32. The van der Waals surface area contributed by atoms with Gasteiger partial charge in [-0.25, -0.2) is 8.42 Å². The standard InChI is InChI=1S/C23H29N3O5S/c1-16-12-17(2)15-25(14-16)32(30,31)22-10-8-19(9-11-22)23(27)24(4)18(3)20-6-5-7-21(13-20)26(28)29/h5-11,13,16-18H,12,14-15H2,1-4H3. The lowest BCUT2D eigenvalue weighted by Gasteiger charge is -2.34. The number of piperidine rings is 1. The lowest BCUT2D eigenvalue weighted by Crippen LogP contribution is -2.42. The van der Waals surface area contributed by atoms with Gasteiger partial charge in [0.15, 0.2) is 0 Å². The third kappa shape index (κ3) is 4.99. The van der Waals surface area contributed by atoms with Crippen molar-refractivity contribution in [1.82, 2.24) is 9.21 Å². The molecule has 1 fully saturated rings. The van der Waals surface area contributed by atoms with Crippen LogP contribution in [-0.2, 0) is 10.0 Å². The van der Waals surface area contributed by atoms with Crippen LogP contribution in [0.25, 0.3) is 0 Å². The summed E-state index contributed by atoms with van der Waals surface area (Å²) in [6.07, 6.45) is 1.01. The van der Waals surface area contributed by atoms with Gasteiger partial charge < -0.3 is 4.90 Å². The Balaban J connectivity index is 1.77. The molecule has 0 bridgehead atoms. The predicted octanol–water partition coefficient (Wildman–Crippen LogP) is 4.09. The number of benzene rings is 2. The van der Waals surface area contributed by atoms with Gasteiger partial charge in [-0.1, -0.05) is 26.0 Å². The maximum Gasteiger partial charge on any atom is 0.269 e. The van der Waals surface area contributed by atoms with Crippen LogP contribution in [0.5, 0.6) is 0 Å². The van der Waals surface area contributed by atoms with E-state index in [1.807, 2.05) is 0 Å². The molecule has 1 aliphatic rings. The van der Waals surface area contributed by atoms with Crippen LogP contribution in [0.1, 0.15) is 49.2 Å². The minimum atomic E-state index is -3.62. The molecule has 32 heavy (non-hydrogen) atoms. The number of carbonyl (C=O) groups is 1. The fourth-order valence-electron chi connectivity index (χ4n) is 4.22. The first-order valence-corrected chi connectivity index (χ1v) is 12.1. The highest BCUT2D eigenvalue weighted by atomic mass is 32.2. The van der Waals surface area contributed by atoms with Gasteiger partial charge in [-0.15, -0.1) is 0 Å². The van der Waals surface area contributed by atoms with Crippen LogP contribution in [0.4, 0.5) is 5.69 Å². The van der Waals surface area contributed by atoms with Crippen molar-refractivity contribution in [2.45, 2.75) is 38.1 Å². The van der Waals surface area contributed by atoms with Crippen LogP contribution in [0.15, 0.2) is 53.4 Å². The van der Waals surface area contributed by atoms with Gasteiger partial charge in [-0.05, 0) is 55.0 Å². The molecular weight excluding hydrogens is 430 g/mol. The van der Waals surface area contributed by atoms with Crippen molar-refractivity contribution >= 4 is 21.6 Å². The summed E-state index contributed by atoms with van der Waals surface area (Å²) < 4.78 is 27.6. The van der Waals surface area contributed by atoms with Crippen LogP contribution in [0.3, 0.4) is 0 Å². The maximum absolute atomic E-state index is 13.0. The molecule has 0 aromatic heterocycles. The van der Waals surface area contributed by atoms with Crippen molar-refractivity contribution in [3.8, 4) is 0 Å². The molecule has 0 aliphatic carbocycles. The lowest BCUT2D eigenvalue weighted by atomic mass is 9.94. The molecule has 1 saturated heterocycles. The van der Waals surface area contributed by atoms with Gasteiger partial charge in [0.1, 0.15) is 0 Å². The Morgan fingerprint density at radius 2 is 1.72 bits per heavy atom. The summed E-state index contributed by atoms with van der Waals surface area (Å²) in [6, 6.07) is 11.7. The van der Waals surface area contributed by atoms with Gasteiger partial charge in [0.2, 0.25) is 10.0 Å². The second kappa shape index (κ2) is 9.38. The zero-order valence-corrected chi connectivity index (χ0v) is 19.6. The van der Waals surface area contributed by atoms with E-state index < -0.39 is 21.0 Å². The van der Waals surface area contributed by atoms with E-state index in [1.165, 1.54) is 45.6 Å². The van der Waals surface area contributed by atoms with Crippen molar-refractivity contribution in [2.24, 2.45) is 11.8 Å². The Labute approximate surface area is 189 Å². The van der Waals surface area contributed by atoms with E-state index in [1.54, 1.807) is 26.1 Å². The van der Waals surface area contributed by atoms with Crippen molar-refractivity contribution in [1.29, 1.82) is 0 Å². The fourth-order valence-corrected chi connectivity index (χ4v) is 5.90. The van der Waals surface area contributed by atoms with Crippen LogP contribution >= 0.6 is 0 Å². The number of rotatable bonds is 6. The summed E-state index contributed by atoms with van der Waals surface area (Å²) in [6.45, 7) is 6.89. The Morgan fingerprint density at radius 1 is 1.12 bits per heavy atom. The van der Waals surface area contributed by atoms with Crippen molar-refractivity contribution < 1.29 is 18.1 Å². The van der Waals surface area contributed by atoms with Gasteiger partial charge in [-0.2, -0.15) is 4.31 Å². The molecule has 0 saturated carbocycles. The van der Waals surface area contributed by atoms with Gasteiger partial charge >= 0.3 is 0 Å². The van der Waals surface area contributed by atoms with Gasteiger partial charge in [0, 0.05) is 37.8 Å². The van der Waals surface area contributed by atoms with Crippen molar-refractivity contribution in [3.63, 3.8) is 0 Å². The summed E-state index contributed by atoms with van der Waals surface area (Å²) in [5, 5.41) is 11.0. The molecule has 9 heteroatoms. The smallest absolute Gasteiger partial charge is 0.269 e. The average molecular weight is 460 g/mol. The largest absolute Gasteiger partial charge is 0.335 e. The van der Waals surface area contributed by atoms with E-state index in [0.29, 0.717) is 36.1 Å². The van der Waals surface area contributed by atoms with Crippen LogP contribution < -0.4 is 0 Å². The molecule has 1 amide bonds. The summed E-state index contributed by atoms with van der Waals surface area (Å²) in [4.78, 5) is 25.2. The molecule has 2 aromatic rings. The lowest BCUT2D eigenvalue weighted by molar-refractivity contribution is -0.384. The van der Waals surface area contributed by atoms with E-state index in [0.717, 1.165) is 6.42 Å². The third-order valence-electron chi connectivity index (χ3n) is 6.04. The highest BCUT2D eigenvalue weighted by molar-refractivity contribution is 7.89. The fraction of sp³-hybridized carbons (Fsp3) is 0.435. The number of hydrogen-bond donors (Lipinski definition) is 0. The predicted molar refractivity (Wildman–Crippen MR) is 122 cm³/mol. The quantitative estimate of drug-likeness (QED) is 0.478.